The molecule has 0 saturated carbocycles. The molecule has 4 heteroatoms. The molecule has 0 heterocycles. The third-order valence-corrected chi connectivity index (χ3v) is 0. The molecule has 0 bridgehead atoms. The van der Waals surface area contributed by atoms with Crippen LogP contribution in [0.25, 0.3) is 0 Å². The van der Waals surface area contributed by atoms with Crippen LogP contribution in [-0.2, 0) is 0 Å². The van der Waals surface area contributed by atoms with Crippen LogP contribution in [0.4, 0.5) is 4.79 Å². The molecule has 0 amide bonds. The van der Waals surface area contributed by atoms with Crippen LogP contribution in [0.1, 0.15) is 20.8 Å². The van der Waals surface area contributed by atoms with E-state index in [1.165, 1.54) is 5.92 Å². The van der Waals surface area contributed by atoms with Crippen molar-refractivity contribution in [2.45, 2.75) is 20.8 Å². The molecule has 0 radical (unpaired) electrons. The van der Waals surface area contributed by atoms with Crippen LogP contribution in [0, 0.1) is 5.92 Å². The minimum Gasteiger partial charge on any atom is -0.450 e. The Morgan fingerprint density at radius 2 is 1.22 bits per heavy atom. The van der Waals surface area contributed by atoms with E-state index in [1.54, 1.807) is 0 Å². The van der Waals surface area contributed by atoms with Gasteiger partial charge in [0.2, 0.25) is 0 Å². The predicted molar refractivity (Wildman–Crippen MR) is 30.9 cm³/mol. The standard InChI is InChI=1S/C4H9.CH2O3.Cs/c1-4(2)3;2-1(3)4;/h1-3H3;(H2,2,3,4);/q-1;;+1. The van der Waals surface area contributed by atoms with Gasteiger partial charge in [-0.2, -0.15) is 20.8 Å². The van der Waals surface area contributed by atoms with E-state index in [0.717, 1.165) is 0 Å². The van der Waals surface area contributed by atoms with Gasteiger partial charge >= 0.3 is 75.0 Å². The largest absolute Gasteiger partial charge is 1.00 e. The molecule has 0 atom stereocenters. The molecule has 0 aliphatic rings. The van der Waals surface area contributed by atoms with Gasteiger partial charge < -0.3 is 16.1 Å². The zero-order valence-electron chi connectivity index (χ0n) is 6.30. The van der Waals surface area contributed by atoms with Crippen molar-refractivity contribution in [2.75, 3.05) is 0 Å². The summed E-state index contributed by atoms with van der Waals surface area (Å²) in [5.41, 5.74) is 0. The quantitative estimate of drug-likeness (QED) is 0.535. The molecular formula is C5H11CsO3. The zero-order chi connectivity index (χ0) is 7.15. The van der Waals surface area contributed by atoms with Crippen molar-refractivity contribution in [1.29, 1.82) is 0 Å². The maximum Gasteiger partial charge on any atom is 1.00 e. The Bertz CT molecular complexity index is 56.5. The van der Waals surface area contributed by atoms with Crippen molar-refractivity contribution in [3.63, 3.8) is 0 Å². The van der Waals surface area contributed by atoms with E-state index in [2.05, 4.69) is 20.8 Å². The average molecular weight is 252 g/mol. The first kappa shape index (κ1) is 16.7. The fourth-order valence-electron chi connectivity index (χ4n) is 0. The van der Waals surface area contributed by atoms with Crippen molar-refractivity contribution in [3.05, 3.63) is 5.92 Å². The number of carbonyl (C=O) groups is 1. The Hall–Kier alpha value is 1.32. The fourth-order valence-corrected chi connectivity index (χ4v) is 0. The molecule has 0 aromatic heterocycles. The summed E-state index contributed by atoms with van der Waals surface area (Å²) in [6, 6.07) is 0. The third-order valence-electron chi connectivity index (χ3n) is 0. The smallest absolute Gasteiger partial charge is 0.450 e. The van der Waals surface area contributed by atoms with Crippen LogP contribution in [0.2, 0.25) is 0 Å². The summed E-state index contributed by atoms with van der Waals surface area (Å²) in [4.78, 5) is 8.56. The van der Waals surface area contributed by atoms with Gasteiger partial charge in [-0.1, -0.05) is 0 Å². The first-order valence-corrected chi connectivity index (χ1v) is 2.15. The molecule has 2 N–H and O–H groups in total. The van der Waals surface area contributed by atoms with Gasteiger partial charge in [0.05, 0.1) is 0 Å². The molecule has 0 unspecified atom stereocenters. The molecule has 0 aromatic rings. The molecule has 0 aliphatic carbocycles. The summed E-state index contributed by atoms with van der Waals surface area (Å²) in [5, 5.41) is 13.9. The molecule has 0 saturated heterocycles. The van der Waals surface area contributed by atoms with E-state index in [9.17, 15) is 0 Å². The fraction of sp³-hybridized carbons (Fsp3) is 0.600. The molecule has 0 fully saturated rings. The van der Waals surface area contributed by atoms with Gasteiger partial charge in [0.15, 0.2) is 0 Å². The normalized spacial score (nSPS) is 6.67. The average Bonchev–Trinajstić information content (AvgIpc) is 1.25. The van der Waals surface area contributed by atoms with Gasteiger partial charge in [-0.05, 0) is 0 Å². The zero-order valence-corrected chi connectivity index (χ0v) is 12.6. The minimum absolute atomic E-state index is 0. The summed E-state index contributed by atoms with van der Waals surface area (Å²) >= 11 is 0. The molecule has 0 spiro atoms. The van der Waals surface area contributed by atoms with Gasteiger partial charge in [0, 0.05) is 0 Å². The molecule has 0 rings (SSSR count). The van der Waals surface area contributed by atoms with Crippen LogP contribution in [0.15, 0.2) is 0 Å². The minimum atomic E-state index is -1.83. The maximum absolute atomic E-state index is 8.56. The summed E-state index contributed by atoms with van der Waals surface area (Å²) in [5.74, 6) is 1.42. The Labute approximate surface area is 114 Å². The summed E-state index contributed by atoms with van der Waals surface area (Å²) < 4.78 is 0. The number of hydrogen-bond donors (Lipinski definition) is 2. The van der Waals surface area contributed by atoms with Crippen LogP contribution in [0.3, 0.4) is 0 Å². The second-order valence-corrected chi connectivity index (χ2v) is 1.78. The topological polar surface area (TPSA) is 57.5 Å². The molecule has 0 aliphatic heterocycles. The Kier molecular flexibility index (Phi) is 22.4. The Morgan fingerprint density at radius 1 is 1.22 bits per heavy atom. The molecule has 0 aromatic carbocycles. The van der Waals surface area contributed by atoms with Crippen molar-refractivity contribution in [2.24, 2.45) is 0 Å². The summed E-state index contributed by atoms with van der Waals surface area (Å²) in [6.07, 6.45) is -1.83. The monoisotopic (exact) mass is 252 g/mol. The van der Waals surface area contributed by atoms with Crippen LogP contribution >= 0.6 is 0 Å². The Morgan fingerprint density at radius 3 is 1.22 bits per heavy atom. The third kappa shape index (κ3) is 286. The Balaban J connectivity index is -0.0000000720. The van der Waals surface area contributed by atoms with E-state index in [-0.39, 0.29) is 68.9 Å². The van der Waals surface area contributed by atoms with E-state index in [1.807, 2.05) is 0 Å². The van der Waals surface area contributed by atoms with Gasteiger partial charge in [-0.15, -0.1) is 0 Å². The van der Waals surface area contributed by atoms with Gasteiger partial charge in [-0.25, -0.2) is 4.79 Å². The number of hydrogen-bond acceptors (Lipinski definition) is 1. The van der Waals surface area contributed by atoms with Crippen LogP contribution in [0.5, 0.6) is 0 Å². The van der Waals surface area contributed by atoms with E-state index >= 15 is 0 Å². The number of carboxylic acid groups (broad SMARTS) is 2. The van der Waals surface area contributed by atoms with Gasteiger partial charge in [0.1, 0.15) is 0 Å². The first-order chi connectivity index (χ1) is 3.46. The van der Waals surface area contributed by atoms with Crippen molar-refractivity contribution >= 4 is 6.16 Å². The second kappa shape index (κ2) is 12.0. The molecule has 9 heavy (non-hydrogen) atoms. The second-order valence-electron chi connectivity index (χ2n) is 1.78. The van der Waals surface area contributed by atoms with Crippen molar-refractivity contribution in [1.82, 2.24) is 0 Å². The van der Waals surface area contributed by atoms with Crippen molar-refractivity contribution < 1.29 is 83.9 Å². The van der Waals surface area contributed by atoms with E-state index < -0.39 is 6.16 Å². The molecule has 3 nitrogen and oxygen atoms in total. The molecule has 50 valence electrons. The maximum atomic E-state index is 8.56. The summed E-state index contributed by atoms with van der Waals surface area (Å²) in [6.45, 7) is 6.25. The van der Waals surface area contributed by atoms with Crippen LogP contribution in [-0.4, -0.2) is 16.4 Å². The molecular weight excluding hydrogens is 241 g/mol. The van der Waals surface area contributed by atoms with Crippen LogP contribution < -0.4 is 68.9 Å². The summed E-state index contributed by atoms with van der Waals surface area (Å²) in [7, 11) is 0. The van der Waals surface area contributed by atoms with E-state index in [4.69, 9.17) is 15.0 Å². The van der Waals surface area contributed by atoms with Gasteiger partial charge in [0.25, 0.3) is 0 Å². The number of rotatable bonds is 0. The van der Waals surface area contributed by atoms with E-state index in [0.29, 0.717) is 0 Å². The first-order valence-electron chi connectivity index (χ1n) is 2.15. The van der Waals surface area contributed by atoms with Gasteiger partial charge in [-0.3, -0.25) is 0 Å². The van der Waals surface area contributed by atoms with Crippen molar-refractivity contribution in [3.8, 4) is 0 Å². The predicted octanol–water partition coefficient (Wildman–Crippen LogP) is -1.15. The SMILES string of the molecule is C[C-](C)C.O=C(O)O.[Cs+].